The minimum Gasteiger partial charge on any atom is -0.396 e. The molecule has 4 bridgehead atoms. The molecule has 0 heterocycles. The molecule has 4 fully saturated rings. The first-order valence-corrected chi connectivity index (χ1v) is 7.71. The Hall–Kier alpha value is -1.38. The number of ketones is 1. The second kappa shape index (κ2) is 4.31. The third-order valence-electron chi connectivity index (χ3n) is 5.81. The number of hydrogen-bond acceptors (Lipinski definition) is 2. The number of rotatable bonds is 2. The SMILES string of the molecule is Nc1ccc(C(=O)C2C3CC4CC(C3)CC2C4)cc1F. The van der Waals surface area contributed by atoms with E-state index in [0.717, 1.165) is 11.8 Å². The number of hydrogen-bond donors (Lipinski definition) is 1. The molecule has 0 spiro atoms. The van der Waals surface area contributed by atoms with Crippen molar-refractivity contribution in [3.8, 4) is 0 Å². The monoisotopic (exact) mass is 273 g/mol. The minimum atomic E-state index is -0.473. The van der Waals surface area contributed by atoms with E-state index in [1.807, 2.05) is 0 Å². The standard InChI is InChI=1S/C17H20FNO/c18-14-8-11(1-2-15(14)19)17(20)16-12-4-9-3-10(6-12)7-13(16)5-9/h1-2,8-10,12-13,16H,3-7,19H2. The van der Waals surface area contributed by atoms with Crippen LogP contribution in [0, 0.1) is 35.4 Å². The summed E-state index contributed by atoms with van der Waals surface area (Å²) >= 11 is 0. The molecule has 1 aromatic rings. The van der Waals surface area contributed by atoms with E-state index in [4.69, 9.17) is 5.73 Å². The van der Waals surface area contributed by atoms with Gasteiger partial charge in [0.2, 0.25) is 0 Å². The van der Waals surface area contributed by atoms with Gasteiger partial charge in [-0.05, 0) is 74.0 Å². The van der Waals surface area contributed by atoms with Gasteiger partial charge in [-0.2, -0.15) is 0 Å². The third-order valence-corrected chi connectivity index (χ3v) is 5.81. The highest BCUT2D eigenvalue weighted by atomic mass is 19.1. The van der Waals surface area contributed by atoms with Crippen molar-refractivity contribution in [2.24, 2.45) is 29.6 Å². The lowest BCUT2D eigenvalue weighted by Crippen LogP contribution is -2.48. The van der Waals surface area contributed by atoms with Gasteiger partial charge in [-0.1, -0.05) is 0 Å². The fraction of sp³-hybridized carbons (Fsp3) is 0.588. The Morgan fingerprint density at radius 2 is 1.65 bits per heavy atom. The largest absolute Gasteiger partial charge is 0.396 e. The fourth-order valence-corrected chi connectivity index (χ4v) is 5.23. The van der Waals surface area contributed by atoms with Gasteiger partial charge in [-0.3, -0.25) is 4.79 Å². The number of Topliss-reactive ketones (excluding diaryl/α,β-unsaturated/α-hetero) is 1. The second-order valence-corrected chi connectivity index (χ2v) is 7.06. The van der Waals surface area contributed by atoms with Crippen molar-refractivity contribution in [3.05, 3.63) is 29.6 Å². The van der Waals surface area contributed by atoms with Gasteiger partial charge in [0.25, 0.3) is 0 Å². The maximum Gasteiger partial charge on any atom is 0.166 e. The van der Waals surface area contributed by atoms with Crippen LogP contribution >= 0.6 is 0 Å². The summed E-state index contributed by atoms with van der Waals surface area (Å²) in [6.45, 7) is 0. The Bertz CT molecular complexity index is 540. The van der Waals surface area contributed by atoms with Crippen LogP contribution in [0.25, 0.3) is 0 Å². The maximum atomic E-state index is 13.6. The molecule has 4 saturated carbocycles. The molecule has 3 heteroatoms. The maximum absolute atomic E-state index is 13.6. The number of nitrogen functional groups attached to an aromatic ring is 1. The molecule has 20 heavy (non-hydrogen) atoms. The molecule has 5 rings (SSSR count). The van der Waals surface area contributed by atoms with Gasteiger partial charge in [-0.25, -0.2) is 4.39 Å². The molecular formula is C17H20FNO. The predicted molar refractivity (Wildman–Crippen MR) is 75.7 cm³/mol. The molecule has 1 aromatic carbocycles. The summed E-state index contributed by atoms with van der Waals surface area (Å²) in [5.74, 6) is 2.59. The van der Waals surface area contributed by atoms with E-state index in [-0.39, 0.29) is 17.4 Å². The average molecular weight is 273 g/mol. The van der Waals surface area contributed by atoms with Gasteiger partial charge in [0, 0.05) is 11.5 Å². The molecule has 4 aliphatic carbocycles. The van der Waals surface area contributed by atoms with Crippen LogP contribution in [-0.4, -0.2) is 5.78 Å². The molecule has 0 aliphatic heterocycles. The van der Waals surface area contributed by atoms with Gasteiger partial charge >= 0.3 is 0 Å². The minimum absolute atomic E-state index is 0.117. The summed E-state index contributed by atoms with van der Waals surface area (Å²) in [5.41, 5.74) is 6.12. The van der Waals surface area contributed by atoms with E-state index in [2.05, 4.69) is 0 Å². The summed E-state index contributed by atoms with van der Waals surface area (Å²) in [6, 6.07) is 4.52. The van der Waals surface area contributed by atoms with Crippen molar-refractivity contribution in [3.63, 3.8) is 0 Å². The van der Waals surface area contributed by atoms with E-state index in [1.54, 1.807) is 6.07 Å². The highest BCUT2D eigenvalue weighted by Crippen LogP contribution is 2.57. The van der Waals surface area contributed by atoms with Crippen molar-refractivity contribution >= 4 is 11.5 Å². The Balaban J connectivity index is 1.63. The Morgan fingerprint density at radius 1 is 1.05 bits per heavy atom. The first-order chi connectivity index (χ1) is 9.61. The third kappa shape index (κ3) is 1.79. The molecular weight excluding hydrogens is 253 g/mol. The second-order valence-electron chi connectivity index (χ2n) is 7.06. The number of benzene rings is 1. The molecule has 2 N–H and O–H groups in total. The zero-order valence-electron chi connectivity index (χ0n) is 11.5. The molecule has 2 nitrogen and oxygen atoms in total. The van der Waals surface area contributed by atoms with Crippen molar-refractivity contribution in [1.82, 2.24) is 0 Å². The molecule has 0 unspecified atom stereocenters. The van der Waals surface area contributed by atoms with Crippen LogP contribution in [0.3, 0.4) is 0 Å². The molecule has 0 amide bonds. The Labute approximate surface area is 118 Å². The van der Waals surface area contributed by atoms with Crippen molar-refractivity contribution in [2.45, 2.75) is 32.1 Å². The fourth-order valence-electron chi connectivity index (χ4n) is 5.23. The van der Waals surface area contributed by atoms with E-state index < -0.39 is 5.82 Å². The number of anilines is 1. The summed E-state index contributed by atoms with van der Waals surface area (Å²) in [5, 5.41) is 0. The van der Waals surface area contributed by atoms with Crippen LogP contribution in [0.1, 0.15) is 42.5 Å². The molecule has 106 valence electrons. The highest BCUT2D eigenvalue weighted by Gasteiger charge is 2.50. The van der Waals surface area contributed by atoms with Crippen molar-refractivity contribution < 1.29 is 9.18 Å². The van der Waals surface area contributed by atoms with Gasteiger partial charge in [0.1, 0.15) is 5.82 Å². The number of nitrogens with two attached hydrogens (primary N) is 1. The number of halogens is 1. The van der Waals surface area contributed by atoms with Gasteiger partial charge in [-0.15, -0.1) is 0 Å². The van der Waals surface area contributed by atoms with Gasteiger partial charge in [0.15, 0.2) is 5.78 Å². The predicted octanol–water partition coefficient (Wildman–Crippen LogP) is 3.66. The lowest BCUT2D eigenvalue weighted by atomic mass is 9.51. The van der Waals surface area contributed by atoms with Crippen molar-refractivity contribution in [1.29, 1.82) is 0 Å². The molecule has 4 aliphatic rings. The van der Waals surface area contributed by atoms with E-state index in [9.17, 15) is 9.18 Å². The lowest BCUT2D eigenvalue weighted by Gasteiger charge is -2.53. The first kappa shape index (κ1) is 12.4. The Kier molecular flexibility index (Phi) is 2.66. The number of carbonyl (C=O) groups excluding carboxylic acids is 1. The molecule has 0 saturated heterocycles. The normalized spacial score (nSPS) is 38.1. The summed E-state index contributed by atoms with van der Waals surface area (Å²) in [4.78, 5) is 12.8. The highest BCUT2D eigenvalue weighted by molar-refractivity contribution is 5.98. The van der Waals surface area contributed by atoms with Crippen LogP contribution in [-0.2, 0) is 0 Å². The zero-order valence-corrected chi connectivity index (χ0v) is 11.5. The molecule has 0 atom stereocenters. The van der Waals surface area contributed by atoms with E-state index in [0.29, 0.717) is 17.4 Å². The topological polar surface area (TPSA) is 43.1 Å². The van der Waals surface area contributed by atoms with Gasteiger partial charge < -0.3 is 5.73 Å². The van der Waals surface area contributed by atoms with Gasteiger partial charge in [0.05, 0.1) is 5.69 Å². The van der Waals surface area contributed by atoms with Crippen LogP contribution in [0.15, 0.2) is 18.2 Å². The number of carbonyl (C=O) groups is 1. The smallest absolute Gasteiger partial charge is 0.166 e. The zero-order chi connectivity index (χ0) is 13.9. The molecule has 0 radical (unpaired) electrons. The summed E-state index contributed by atoms with van der Waals surface area (Å²) in [7, 11) is 0. The van der Waals surface area contributed by atoms with Crippen LogP contribution in [0.2, 0.25) is 0 Å². The van der Waals surface area contributed by atoms with Crippen LogP contribution in [0.4, 0.5) is 10.1 Å². The van der Waals surface area contributed by atoms with E-state index in [1.165, 1.54) is 44.2 Å². The average Bonchev–Trinajstić information content (AvgIpc) is 2.40. The van der Waals surface area contributed by atoms with Crippen molar-refractivity contribution in [2.75, 3.05) is 5.73 Å². The van der Waals surface area contributed by atoms with Crippen LogP contribution in [0.5, 0.6) is 0 Å². The van der Waals surface area contributed by atoms with Crippen LogP contribution < -0.4 is 5.73 Å². The first-order valence-electron chi connectivity index (χ1n) is 7.71. The lowest BCUT2D eigenvalue weighted by molar-refractivity contribution is -0.0251. The summed E-state index contributed by atoms with van der Waals surface area (Å²) < 4.78 is 13.6. The quantitative estimate of drug-likeness (QED) is 0.660. The summed E-state index contributed by atoms with van der Waals surface area (Å²) in [6.07, 6.45) is 6.22. The molecule has 0 aromatic heterocycles. The Morgan fingerprint density at radius 3 is 2.20 bits per heavy atom. The van der Waals surface area contributed by atoms with E-state index >= 15 is 0 Å².